The van der Waals surface area contributed by atoms with Crippen LogP contribution in [0.25, 0.3) is 11.1 Å². The highest BCUT2D eigenvalue weighted by Gasteiger charge is 2.39. The van der Waals surface area contributed by atoms with Crippen LogP contribution in [0.2, 0.25) is 0 Å². The van der Waals surface area contributed by atoms with Crippen molar-refractivity contribution in [2.24, 2.45) is 0 Å². The third-order valence-electron chi connectivity index (χ3n) is 5.82. The highest BCUT2D eigenvalue weighted by atomic mass is 16.4. The van der Waals surface area contributed by atoms with Gasteiger partial charge in [-0.25, -0.2) is 4.79 Å². The Morgan fingerprint density at radius 2 is 1.82 bits per heavy atom. The monoisotopic (exact) mass is 451 g/mol. The molecule has 0 fully saturated rings. The summed E-state index contributed by atoms with van der Waals surface area (Å²) in [6.45, 7) is 5.65. The molecule has 0 spiro atoms. The van der Waals surface area contributed by atoms with E-state index in [0.717, 1.165) is 22.4 Å². The molecule has 1 aromatic heterocycles. The third-order valence-corrected chi connectivity index (χ3v) is 5.82. The Hall–Kier alpha value is -3.68. The second kappa shape index (κ2) is 9.85. The van der Waals surface area contributed by atoms with Crippen molar-refractivity contribution in [3.63, 3.8) is 0 Å². The van der Waals surface area contributed by atoms with Crippen LogP contribution in [0.15, 0.2) is 53.9 Å². The smallest absolute Gasteiger partial charge is 0.329 e. The topological polar surface area (TPSA) is 120 Å². The molecule has 1 aliphatic heterocycles. The number of carboxylic acid groups (broad SMARTS) is 1. The fraction of sp³-hybridized carbons (Fsp3) is 0.360. The number of aliphatic carboxylic acids is 1. The molecule has 0 saturated carbocycles. The number of carboxylic acids is 1. The molecule has 3 N–H and O–H groups in total. The van der Waals surface area contributed by atoms with Crippen molar-refractivity contribution >= 4 is 17.8 Å². The fourth-order valence-electron chi connectivity index (χ4n) is 3.83. The van der Waals surface area contributed by atoms with Gasteiger partial charge in [-0.05, 0) is 37.5 Å². The minimum atomic E-state index is -1.53. The number of aryl methyl sites for hydroxylation is 1. The van der Waals surface area contributed by atoms with Crippen molar-refractivity contribution in [2.45, 2.75) is 52.1 Å². The van der Waals surface area contributed by atoms with E-state index in [0.29, 0.717) is 6.42 Å². The number of aromatic nitrogens is 1. The van der Waals surface area contributed by atoms with Crippen LogP contribution in [0, 0.1) is 6.92 Å². The van der Waals surface area contributed by atoms with Crippen LogP contribution in [0.5, 0.6) is 0 Å². The number of hydrogen-bond acceptors (Lipinski definition) is 5. The van der Waals surface area contributed by atoms with Gasteiger partial charge in [0, 0.05) is 37.0 Å². The van der Waals surface area contributed by atoms with E-state index < -0.39 is 28.9 Å². The molecule has 0 aliphatic carbocycles. The van der Waals surface area contributed by atoms with Crippen LogP contribution in [-0.4, -0.2) is 50.0 Å². The van der Waals surface area contributed by atoms with Gasteiger partial charge in [0.2, 0.25) is 0 Å². The number of carbonyl (C=O) groups excluding carboxylic acids is 2. The number of rotatable bonds is 8. The van der Waals surface area contributed by atoms with Crippen molar-refractivity contribution in [2.75, 3.05) is 6.54 Å². The zero-order valence-corrected chi connectivity index (χ0v) is 19.1. The summed E-state index contributed by atoms with van der Waals surface area (Å²) in [7, 11) is 0. The van der Waals surface area contributed by atoms with Crippen molar-refractivity contribution < 1.29 is 24.6 Å². The number of aliphatic hydroxyl groups excluding tert-OH is 1. The minimum absolute atomic E-state index is 0.124. The van der Waals surface area contributed by atoms with Gasteiger partial charge in [-0.3, -0.25) is 14.6 Å². The highest BCUT2D eigenvalue weighted by molar-refractivity contribution is 6.19. The van der Waals surface area contributed by atoms with E-state index >= 15 is 0 Å². The van der Waals surface area contributed by atoms with Gasteiger partial charge >= 0.3 is 5.97 Å². The molecule has 1 aromatic carbocycles. The molecule has 3 rings (SSSR count). The number of hydrogen-bond donors (Lipinski definition) is 3. The predicted molar refractivity (Wildman–Crippen MR) is 123 cm³/mol. The number of carbonyl (C=O) groups is 3. The lowest BCUT2D eigenvalue weighted by Crippen LogP contribution is -2.54. The standard InChI is InChI=1S/C25H29N3O5/c1-4-12-25(3,24(32)33)27-22(30)21-20(29)11-13-28(23(21)31)15-17-6-9-18(10-7-17)19-8-5-16(2)26-14-19/h5-10,14,29H,4,11-13,15H2,1-3H3,(H,27,30)(H,32,33). The average molecular weight is 452 g/mol. The molecule has 0 radical (unpaired) electrons. The molecule has 33 heavy (non-hydrogen) atoms. The molecule has 2 aromatic rings. The zero-order valence-electron chi connectivity index (χ0n) is 19.1. The number of benzene rings is 1. The number of nitrogens with one attached hydrogen (secondary N) is 1. The van der Waals surface area contributed by atoms with E-state index in [2.05, 4.69) is 10.3 Å². The van der Waals surface area contributed by atoms with Gasteiger partial charge < -0.3 is 20.4 Å². The lowest BCUT2D eigenvalue weighted by atomic mass is 9.95. The fourth-order valence-corrected chi connectivity index (χ4v) is 3.83. The van der Waals surface area contributed by atoms with Crippen LogP contribution in [0.1, 0.15) is 44.4 Å². The number of nitrogens with zero attached hydrogens (tertiary/aromatic N) is 2. The summed E-state index contributed by atoms with van der Waals surface area (Å²) < 4.78 is 0. The van der Waals surface area contributed by atoms with Crippen molar-refractivity contribution in [1.82, 2.24) is 15.2 Å². The van der Waals surface area contributed by atoms with Crippen molar-refractivity contribution in [3.05, 3.63) is 65.2 Å². The molecule has 174 valence electrons. The summed E-state index contributed by atoms with van der Waals surface area (Å²) in [6.07, 6.45) is 2.66. The highest BCUT2D eigenvalue weighted by Crippen LogP contribution is 2.24. The van der Waals surface area contributed by atoms with Gasteiger partial charge in [-0.2, -0.15) is 0 Å². The predicted octanol–water partition coefficient (Wildman–Crippen LogP) is 3.36. The van der Waals surface area contributed by atoms with E-state index in [1.54, 1.807) is 13.1 Å². The Morgan fingerprint density at radius 1 is 1.15 bits per heavy atom. The van der Waals surface area contributed by atoms with Gasteiger partial charge in [-0.15, -0.1) is 0 Å². The third kappa shape index (κ3) is 5.39. The van der Waals surface area contributed by atoms with Gasteiger partial charge in [0.05, 0.1) is 0 Å². The Morgan fingerprint density at radius 3 is 2.39 bits per heavy atom. The molecule has 1 unspecified atom stereocenters. The van der Waals surface area contributed by atoms with Gasteiger partial charge in [0.15, 0.2) is 0 Å². The molecule has 8 heteroatoms. The van der Waals surface area contributed by atoms with Crippen LogP contribution >= 0.6 is 0 Å². The number of pyridine rings is 1. The molecule has 0 saturated heterocycles. The lowest BCUT2D eigenvalue weighted by Gasteiger charge is -2.31. The first-order valence-electron chi connectivity index (χ1n) is 10.9. The molecule has 0 bridgehead atoms. The Bertz CT molecular complexity index is 1080. The Kier molecular flexibility index (Phi) is 7.16. The summed E-state index contributed by atoms with van der Waals surface area (Å²) in [6, 6.07) is 11.6. The first kappa shape index (κ1) is 24.0. The second-order valence-corrected chi connectivity index (χ2v) is 8.52. The van der Waals surface area contributed by atoms with Gasteiger partial charge in [0.25, 0.3) is 11.8 Å². The Balaban J connectivity index is 1.73. The normalized spacial score (nSPS) is 15.8. The zero-order chi connectivity index (χ0) is 24.2. The molecule has 2 heterocycles. The Labute approximate surface area is 193 Å². The molecule has 1 atom stereocenters. The van der Waals surface area contributed by atoms with Gasteiger partial charge in [-0.1, -0.05) is 43.7 Å². The SMILES string of the molecule is CCCC(C)(NC(=O)C1=C(O)CCN(Cc2ccc(-c3ccc(C)nc3)cc2)C1=O)C(=O)O. The molecule has 2 amide bonds. The van der Waals surface area contributed by atoms with Crippen LogP contribution in [0.3, 0.4) is 0 Å². The maximum absolute atomic E-state index is 13.0. The second-order valence-electron chi connectivity index (χ2n) is 8.52. The maximum atomic E-state index is 13.0. The van der Waals surface area contributed by atoms with E-state index in [4.69, 9.17) is 0 Å². The van der Waals surface area contributed by atoms with Crippen LogP contribution < -0.4 is 5.32 Å². The summed E-state index contributed by atoms with van der Waals surface area (Å²) in [5.74, 6) is -3.00. The van der Waals surface area contributed by atoms with Crippen LogP contribution in [-0.2, 0) is 20.9 Å². The molecular weight excluding hydrogens is 422 g/mol. The number of amides is 2. The van der Waals surface area contributed by atoms with Crippen LogP contribution in [0.4, 0.5) is 0 Å². The first-order valence-corrected chi connectivity index (χ1v) is 10.9. The first-order chi connectivity index (χ1) is 15.6. The molecule has 8 nitrogen and oxygen atoms in total. The van der Waals surface area contributed by atoms with Crippen molar-refractivity contribution in [3.8, 4) is 11.1 Å². The molecule has 1 aliphatic rings. The largest absolute Gasteiger partial charge is 0.511 e. The van der Waals surface area contributed by atoms with Gasteiger partial charge in [0.1, 0.15) is 16.9 Å². The van der Waals surface area contributed by atoms with Crippen molar-refractivity contribution in [1.29, 1.82) is 0 Å². The summed E-state index contributed by atoms with van der Waals surface area (Å²) in [5, 5.41) is 22.2. The van der Waals surface area contributed by atoms with E-state index in [9.17, 15) is 24.6 Å². The lowest BCUT2D eigenvalue weighted by molar-refractivity contribution is -0.147. The number of aliphatic hydroxyl groups is 1. The summed E-state index contributed by atoms with van der Waals surface area (Å²) in [5.41, 5.74) is 1.87. The summed E-state index contributed by atoms with van der Waals surface area (Å²) in [4.78, 5) is 43.2. The summed E-state index contributed by atoms with van der Waals surface area (Å²) >= 11 is 0. The quantitative estimate of drug-likeness (QED) is 0.530. The minimum Gasteiger partial charge on any atom is -0.511 e. The molecular formula is C25H29N3O5. The van der Waals surface area contributed by atoms with E-state index in [-0.39, 0.29) is 31.7 Å². The van der Waals surface area contributed by atoms with E-state index in [1.165, 1.54) is 11.8 Å². The maximum Gasteiger partial charge on any atom is 0.329 e. The van der Waals surface area contributed by atoms with E-state index in [1.807, 2.05) is 43.3 Å². The average Bonchev–Trinajstić information content (AvgIpc) is 2.77.